The Hall–Kier alpha value is -0.000000000000000132. The van der Waals surface area contributed by atoms with Gasteiger partial charge in [0, 0.05) is 16.7 Å². The average molecular weight is 366 g/mol. The summed E-state index contributed by atoms with van der Waals surface area (Å²) in [5.74, 6) is 0. The van der Waals surface area contributed by atoms with E-state index in [0.29, 0.717) is 6.10 Å². The highest BCUT2D eigenvalue weighted by Crippen LogP contribution is 2.24. The summed E-state index contributed by atoms with van der Waals surface area (Å²) in [5, 5.41) is 4.17. The Kier molecular flexibility index (Phi) is 5.38. The lowest BCUT2D eigenvalue weighted by molar-refractivity contribution is 0.103. The lowest BCUT2D eigenvalue weighted by Gasteiger charge is -2.11. The van der Waals surface area contributed by atoms with Crippen LogP contribution in [0.3, 0.4) is 0 Å². The molecule has 1 unspecified atom stereocenters. The van der Waals surface area contributed by atoms with Crippen LogP contribution in [-0.2, 0) is 4.74 Å². The van der Waals surface area contributed by atoms with Crippen LogP contribution in [0.15, 0.2) is 18.2 Å². The lowest BCUT2D eigenvalue weighted by Crippen LogP contribution is -2.09. The molecule has 0 amide bonds. The maximum atomic E-state index is 6.14. The number of rotatable bonds is 5. The zero-order valence-corrected chi connectivity index (χ0v) is 12.6. The molecule has 1 aromatic carbocycles. The fourth-order valence-electron chi connectivity index (χ4n) is 2.06. The van der Waals surface area contributed by atoms with Gasteiger partial charge in [-0.3, -0.25) is 0 Å². The van der Waals surface area contributed by atoms with Gasteiger partial charge in [-0.25, -0.2) is 0 Å². The van der Waals surface area contributed by atoms with Crippen molar-refractivity contribution < 1.29 is 4.74 Å². The highest BCUT2D eigenvalue weighted by atomic mass is 127. The first-order valence-electron chi connectivity index (χ1n) is 6.06. The topological polar surface area (TPSA) is 21.3 Å². The molecule has 1 aliphatic heterocycles. The molecular formula is C13H17ClINO. The minimum absolute atomic E-state index is 0.490. The van der Waals surface area contributed by atoms with Gasteiger partial charge in [0.2, 0.25) is 0 Å². The van der Waals surface area contributed by atoms with Crippen LogP contribution in [0, 0.1) is 3.57 Å². The molecule has 0 aliphatic carbocycles. The Morgan fingerprint density at radius 2 is 2.35 bits per heavy atom. The van der Waals surface area contributed by atoms with Crippen molar-refractivity contribution in [2.75, 3.05) is 18.5 Å². The molecule has 94 valence electrons. The van der Waals surface area contributed by atoms with E-state index in [9.17, 15) is 0 Å². The molecule has 1 aliphatic rings. The summed E-state index contributed by atoms with van der Waals surface area (Å²) in [7, 11) is 0. The van der Waals surface area contributed by atoms with Crippen molar-refractivity contribution in [2.45, 2.75) is 31.8 Å². The van der Waals surface area contributed by atoms with Crippen molar-refractivity contribution in [3.63, 3.8) is 0 Å². The normalized spacial score (nSPS) is 19.5. The van der Waals surface area contributed by atoms with E-state index in [-0.39, 0.29) is 0 Å². The van der Waals surface area contributed by atoms with Gasteiger partial charge >= 0.3 is 0 Å². The molecule has 0 saturated carbocycles. The second kappa shape index (κ2) is 6.81. The van der Waals surface area contributed by atoms with Gasteiger partial charge in [-0.15, -0.1) is 0 Å². The van der Waals surface area contributed by atoms with Crippen LogP contribution >= 0.6 is 34.2 Å². The van der Waals surface area contributed by atoms with Gasteiger partial charge in [-0.2, -0.15) is 0 Å². The summed E-state index contributed by atoms with van der Waals surface area (Å²) in [4.78, 5) is 0. The molecule has 0 bridgehead atoms. The van der Waals surface area contributed by atoms with Crippen molar-refractivity contribution in [3.8, 4) is 0 Å². The van der Waals surface area contributed by atoms with Crippen LogP contribution in [0.25, 0.3) is 0 Å². The molecule has 4 heteroatoms. The Balaban J connectivity index is 1.70. The quantitative estimate of drug-likeness (QED) is 0.620. The molecule has 2 nitrogen and oxygen atoms in total. The van der Waals surface area contributed by atoms with Crippen molar-refractivity contribution >= 4 is 39.9 Å². The minimum Gasteiger partial charge on any atom is -0.384 e. The Labute approximate surface area is 121 Å². The predicted octanol–water partition coefficient (Wildman–Crippen LogP) is 4.32. The van der Waals surface area contributed by atoms with E-state index in [2.05, 4.69) is 34.0 Å². The van der Waals surface area contributed by atoms with E-state index in [4.69, 9.17) is 16.3 Å². The zero-order valence-electron chi connectivity index (χ0n) is 9.72. The predicted molar refractivity (Wildman–Crippen MR) is 80.9 cm³/mol. The number of nitrogens with one attached hydrogen (secondary N) is 1. The maximum absolute atomic E-state index is 6.14. The zero-order chi connectivity index (χ0) is 12.1. The third-order valence-corrected chi connectivity index (χ3v) is 3.96. The first-order chi connectivity index (χ1) is 8.25. The Morgan fingerprint density at radius 1 is 1.47 bits per heavy atom. The van der Waals surface area contributed by atoms with Crippen LogP contribution < -0.4 is 5.32 Å². The summed E-state index contributed by atoms with van der Waals surface area (Å²) >= 11 is 8.41. The van der Waals surface area contributed by atoms with E-state index < -0.39 is 0 Å². The van der Waals surface area contributed by atoms with Crippen LogP contribution in [0.5, 0.6) is 0 Å². The largest absolute Gasteiger partial charge is 0.384 e. The fraction of sp³-hybridized carbons (Fsp3) is 0.538. The molecule has 0 aromatic heterocycles. The molecule has 17 heavy (non-hydrogen) atoms. The monoisotopic (exact) mass is 365 g/mol. The van der Waals surface area contributed by atoms with E-state index >= 15 is 0 Å². The SMILES string of the molecule is Clc1cc(I)ccc1NCCCC1CCCO1. The molecule has 2 rings (SSSR count). The van der Waals surface area contributed by atoms with E-state index in [1.807, 2.05) is 12.1 Å². The first kappa shape index (κ1) is 13.4. The van der Waals surface area contributed by atoms with Gasteiger partial charge in [0.1, 0.15) is 0 Å². The minimum atomic E-state index is 0.490. The summed E-state index contributed by atoms with van der Waals surface area (Å²) < 4.78 is 6.75. The van der Waals surface area contributed by atoms with Gasteiger partial charge in [0.25, 0.3) is 0 Å². The second-order valence-corrected chi connectivity index (χ2v) is 5.98. The third kappa shape index (κ3) is 4.30. The van der Waals surface area contributed by atoms with Crippen molar-refractivity contribution in [3.05, 3.63) is 26.8 Å². The highest BCUT2D eigenvalue weighted by molar-refractivity contribution is 14.1. The molecule has 0 radical (unpaired) electrons. The van der Waals surface area contributed by atoms with Crippen LogP contribution in [0.1, 0.15) is 25.7 Å². The number of ether oxygens (including phenoxy) is 1. The van der Waals surface area contributed by atoms with Crippen molar-refractivity contribution in [1.82, 2.24) is 0 Å². The molecule has 1 N–H and O–H groups in total. The van der Waals surface area contributed by atoms with Gasteiger partial charge in [-0.1, -0.05) is 11.6 Å². The van der Waals surface area contributed by atoms with Crippen LogP contribution in [0.4, 0.5) is 5.69 Å². The van der Waals surface area contributed by atoms with Gasteiger partial charge < -0.3 is 10.1 Å². The van der Waals surface area contributed by atoms with Crippen LogP contribution in [-0.4, -0.2) is 19.3 Å². The van der Waals surface area contributed by atoms with Gasteiger partial charge in [-0.05, 0) is 66.5 Å². The fourth-order valence-corrected chi connectivity index (χ4v) is 2.98. The van der Waals surface area contributed by atoms with Gasteiger partial charge in [0.05, 0.1) is 16.8 Å². The molecular weight excluding hydrogens is 349 g/mol. The number of anilines is 1. The molecule has 1 aromatic rings. The smallest absolute Gasteiger partial charge is 0.0648 e. The summed E-state index contributed by atoms with van der Waals surface area (Å²) in [6, 6.07) is 6.08. The first-order valence-corrected chi connectivity index (χ1v) is 7.52. The number of benzene rings is 1. The highest BCUT2D eigenvalue weighted by Gasteiger charge is 2.14. The molecule has 0 spiro atoms. The number of halogens is 2. The standard InChI is InChI=1S/C13H17ClINO/c14-12-9-10(15)5-6-13(12)16-7-1-3-11-4-2-8-17-11/h5-6,9,11,16H,1-4,7-8H2. The van der Waals surface area contributed by atoms with E-state index in [1.54, 1.807) is 0 Å². The molecule has 1 heterocycles. The second-order valence-electron chi connectivity index (χ2n) is 4.33. The van der Waals surface area contributed by atoms with Crippen molar-refractivity contribution in [1.29, 1.82) is 0 Å². The number of hydrogen-bond donors (Lipinski definition) is 1. The summed E-state index contributed by atoms with van der Waals surface area (Å²) in [6.45, 7) is 1.90. The molecule has 1 atom stereocenters. The third-order valence-electron chi connectivity index (χ3n) is 2.97. The summed E-state index contributed by atoms with van der Waals surface area (Å²) in [5.41, 5.74) is 1.03. The lowest BCUT2D eigenvalue weighted by atomic mass is 10.1. The summed E-state index contributed by atoms with van der Waals surface area (Å²) in [6.07, 6.45) is 5.22. The molecule has 1 fully saturated rings. The van der Waals surface area contributed by atoms with E-state index in [1.165, 1.54) is 12.8 Å². The Morgan fingerprint density at radius 3 is 3.06 bits per heavy atom. The Bertz CT molecular complexity index is 366. The number of hydrogen-bond acceptors (Lipinski definition) is 2. The van der Waals surface area contributed by atoms with Gasteiger partial charge in [0.15, 0.2) is 0 Å². The molecule has 1 saturated heterocycles. The maximum Gasteiger partial charge on any atom is 0.0648 e. The van der Waals surface area contributed by atoms with Crippen LogP contribution in [0.2, 0.25) is 5.02 Å². The average Bonchev–Trinajstić information content (AvgIpc) is 2.79. The van der Waals surface area contributed by atoms with E-state index in [0.717, 1.165) is 40.3 Å². The van der Waals surface area contributed by atoms with Crippen molar-refractivity contribution in [2.24, 2.45) is 0 Å².